The Bertz CT molecular complexity index is 341. The minimum atomic E-state index is -2.79. The molecule has 2 atom stereocenters. The highest BCUT2D eigenvalue weighted by molar-refractivity contribution is 7.91. The number of likely N-dealkylation sites (tertiary alicyclic amines) is 1. The second-order valence-electron chi connectivity index (χ2n) is 5.18. The first-order chi connectivity index (χ1) is 6.95. The number of hydrogen-bond donors (Lipinski definition) is 1. The smallest absolute Gasteiger partial charge is 0.152 e. The van der Waals surface area contributed by atoms with Gasteiger partial charge in [0.15, 0.2) is 9.84 Å². The van der Waals surface area contributed by atoms with Gasteiger partial charge in [0.05, 0.1) is 11.5 Å². The molecule has 2 N–H and O–H groups in total. The highest BCUT2D eigenvalue weighted by Gasteiger charge is 2.44. The van der Waals surface area contributed by atoms with Crippen LogP contribution in [0, 0.1) is 5.92 Å². The number of hydrogen-bond acceptors (Lipinski definition) is 4. The van der Waals surface area contributed by atoms with E-state index >= 15 is 0 Å². The third-order valence-electron chi connectivity index (χ3n) is 3.87. The molecule has 88 valence electrons. The van der Waals surface area contributed by atoms with E-state index in [9.17, 15) is 8.42 Å². The van der Waals surface area contributed by atoms with E-state index in [0.29, 0.717) is 17.4 Å². The molecule has 0 radical (unpaired) electrons. The third kappa shape index (κ3) is 2.19. The molecule has 2 heterocycles. The van der Waals surface area contributed by atoms with Crippen LogP contribution in [-0.2, 0) is 9.84 Å². The molecule has 2 rings (SSSR count). The minimum Gasteiger partial charge on any atom is -0.330 e. The van der Waals surface area contributed by atoms with Gasteiger partial charge >= 0.3 is 0 Å². The number of nitrogens with two attached hydrogens (primary N) is 1. The fourth-order valence-electron chi connectivity index (χ4n) is 2.76. The van der Waals surface area contributed by atoms with Gasteiger partial charge in [-0.25, -0.2) is 8.42 Å². The molecule has 0 saturated carbocycles. The van der Waals surface area contributed by atoms with E-state index in [0.717, 1.165) is 32.5 Å². The average molecular weight is 232 g/mol. The zero-order valence-electron chi connectivity index (χ0n) is 9.28. The highest BCUT2D eigenvalue weighted by atomic mass is 32.2. The summed E-state index contributed by atoms with van der Waals surface area (Å²) in [6.07, 6.45) is 1.90. The molecule has 2 saturated heterocycles. The quantitative estimate of drug-likeness (QED) is 0.719. The van der Waals surface area contributed by atoms with Crippen molar-refractivity contribution in [3.63, 3.8) is 0 Å². The summed E-state index contributed by atoms with van der Waals surface area (Å²) >= 11 is 0. The Kier molecular flexibility index (Phi) is 2.81. The second-order valence-corrected chi connectivity index (χ2v) is 7.36. The Morgan fingerprint density at radius 1 is 1.53 bits per heavy atom. The van der Waals surface area contributed by atoms with Gasteiger partial charge < -0.3 is 5.73 Å². The fourth-order valence-corrected chi connectivity index (χ4v) is 4.93. The predicted molar refractivity (Wildman–Crippen MR) is 60.4 cm³/mol. The van der Waals surface area contributed by atoms with Crippen LogP contribution in [0.2, 0.25) is 0 Å². The Morgan fingerprint density at radius 2 is 2.27 bits per heavy atom. The standard InChI is InChI=1S/C10H20N2O2S/c1-10(3-5-15(13,14)8-10)12-4-2-9(6-11)7-12/h9H,2-8,11H2,1H3. The molecule has 5 heteroatoms. The van der Waals surface area contributed by atoms with Crippen molar-refractivity contribution in [2.45, 2.75) is 25.3 Å². The largest absolute Gasteiger partial charge is 0.330 e. The van der Waals surface area contributed by atoms with E-state index in [-0.39, 0.29) is 5.54 Å². The lowest BCUT2D eigenvalue weighted by molar-refractivity contribution is 0.156. The summed E-state index contributed by atoms with van der Waals surface area (Å²) in [5.41, 5.74) is 5.52. The van der Waals surface area contributed by atoms with Crippen LogP contribution < -0.4 is 5.73 Å². The van der Waals surface area contributed by atoms with Crippen LogP contribution in [0.15, 0.2) is 0 Å². The summed E-state index contributed by atoms with van der Waals surface area (Å²) in [6, 6.07) is 0. The lowest BCUT2D eigenvalue weighted by Crippen LogP contribution is -2.46. The van der Waals surface area contributed by atoms with Crippen molar-refractivity contribution < 1.29 is 8.42 Å². The van der Waals surface area contributed by atoms with E-state index in [1.807, 2.05) is 0 Å². The molecule has 0 bridgehead atoms. The first kappa shape index (κ1) is 11.4. The average Bonchev–Trinajstić information content (AvgIpc) is 2.71. The van der Waals surface area contributed by atoms with Crippen molar-refractivity contribution in [3.8, 4) is 0 Å². The fraction of sp³-hybridized carbons (Fsp3) is 1.00. The third-order valence-corrected chi connectivity index (χ3v) is 5.75. The van der Waals surface area contributed by atoms with Gasteiger partial charge in [0.25, 0.3) is 0 Å². The van der Waals surface area contributed by atoms with Crippen molar-refractivity contribution in [2.75, 3.05) is 31.1 Å². The molecule has 0 spiro atoms. The first-order valence-corrected chi connectivity index (χ1v) is 7.43. The topological polar surface area (TPSA) is 63.4 Å². The number of nitrogens with zero attached hydrogens (tertiary/aromatic N) is 1. The monoisotopic (exact) mass is 232 g/mol. The zero-order chi connectivity index (χ0) is 11.1. The summed E-state index contributed by atoms with van der Waals surface area (Å²) in [4.78, 5) is 2.33. The number of sulfone groups is 1. The van der Waals surface area contributed by atoms with Gasteiger partial charge in [0.2, 0.25) is 0 Å². The van der Waals surface area contributed by atoms with Crippen molar-refractivity contribution in [2.24, 2.45) is 11.7 Å². The molecule has 0 amide bonds. The summed E-state index contributed by atoms with van der Waals surface area (Å²) in [5, 5.41) is 0. The van der Waals surface area contributed by atoms with Crippen molar-refractivity contribution in [1.29, 1.82) is 0 Å². The lowest BCUT2D eigenvalue weighted by atomic mass is 10.00. The SMILES string of the molecule is CC1(N2CCC(CN)C2)CCS(=O)(=O)C1. The van der Waals surface area contributed by atoms with Crippen molar-refractivity contribution in [1.82, 2.24) is 4.90 Å². The maximum atomic E-state index is 11.5. The Hall–Kier alpha value is -0.130. The Balaban J connectivity index is 2.06. The van der Waals surface area contributed by atoms with E-state index < -0.39 is 9.84 Å². The molecule has 2 aliphatic heterocycles. The van der Waals surface area contributed by atoms with E-state index in [2.05, 4.69) is 11.8 Å². The van der Waals surface area contributed by atoms with Gasteiger partial charge in [0, 0.05) is 12.1 Å². The molecule has 2 fully saturated rings. The van der Waals surface area contributed by atoms with Gasteiger partial charge in [0.1, 0.15) is 0 Å². The summed E-state index contributed by atoms with van der Waals surface area (Å²) < 4.78 is 23.0. The molecule has 0 aromatic carbocycles. The van der Waals surface area contributed by atoms with Gasteiger partial charge in [-0.2, -0.15) is 0 Å². The van der Waals surface area contributed by atoms with Crippen LogP contribution >= 0.6 is 0 Å². The van der Waals surface area contributed by atoms with Gasteiger partial charge in [-0.1, -0.05) is 0 Å². The zero-order valence-corrected chi connectivity index (χ0v) is 10.1. The molecule has 0 aliphatic carbocycles. The summed E-state index contributed by atoms with van der Waals surface area (Å²) in [7, 11) is -2.79. The second kappa shape index (κ2) is 3.71. The molecular weight excluding hydrogens is 212 g/mol. The van der Waals surface area contributed by atoms with Crippen LogP contribution in [0.4, 0.5) is 0 Å². The summed E-state index contributed by atoms with van der Waals surface area (Å²) in [5.74, 6) is 1.25. The van der Waals surface area contributed by atoms with E-state index in [4.69, 9.17) is 5.73 Å². The molecule has 0 aromatic rings. The van der Waals surface area contributed by atoms with E-state index in [1.54, 1.807) is 0 Å². The van der Waals surface area contributed by atoms with Crippen LogP contribution in [0.3, 0.4) is 0 Å². The molecule has 4 nitrogen and oxygen atoms in total. The Morgan fingerprint density at radius 3 is 2.73 bits per heavy atom. The van der Waals surface area contributed by atoms with Crippen LogP contribution in [-0.4, -0.2) is 50.0 Å². The van der Waals surface area contributed by atoms with E-state index in [1.165, 1.54) is 0 Å². The molecule has 15 heavy (non-hydrogen) atoms. The number of rotatable bonds is 2. The van der Waals surface area contributed by atoms with Crippen LogP contribution in [0.1, 0.15) is 19.8 Å². The molecule has 0 aromatic heterocycles. The Labute approximate surface area is 91.7 Å². The predicted octanol–water partition coefficient (Wildman–Crippen LogP) is -0.156. The molecule has 2 aliphatic rings. The first-order valence-electron chi connectivity index (χ1n) is 5.61. The molecule has 2 unspecified atom stereocenters. The van der Waals surface area contributed by atoms with Crippen molar-refractivity contribution in [3.05, 3.63) is 0 Å². The normalized spacial score (nSPS) is 41.1. The highest BCUT2D eigenvalue weighted by Crippen LogP contribution is 2.33. The van der Waals surface area contributed by atoms with Gasteiger partial charge in [-0.3, -0.25) is 4.90 Å². The van der Waals surface area contributed by atoms with Crippen LogP contribution in [0.5, 0.6) is 0 Å². The maximum absolute atomic E-state index is 11.5. The minimum absolute atomic E-state index is 0.122. The van der Waals surface area contributed by atoms with Gasteiger partial charge in [-0.15, -0.1) is 0 Å². The van der Waals surface area contributed by atoms with Crippen LogP contribution in [0.25, 0.3) is 0 Å². The van der Waals surface area contributed by atoms with Gasteiger partial charge in [-0.05, 0) is 38.8 Å². The summed E-state index contributed by atoms with van der Waals surface area (Å²) in [6.45, 7) is 4.78. The maximum Gasteiger partial charge on any atom is 0.152 e. The molecular formula is C10H20N2O2S. The lowest BCUT2D eigenvalue weighted by Gasteiger charge is -2.34. The van der Waals surface area contributed by atoms with Crippen molar-refractivity contribution >= 4 is 9.84 Å².